The zero-order valence-corrected chi connectivity index (χ0v) is 20.8. The molecule has 0 aliphatic heterocycles. The molecule has 0 bridgehead atoms. The van der Waals surface area contributed by atoms with Gasteiger partial charge >= 0.3 is 5.69 Å². The van der Waals surface area contributed by atoms with Crippen molar-refractivity contribution >= 4 is 38.7 Å². The van der Waals surface area contributed by atoms with Gasteiger partial charge in [0.25, 0.3) is 5.56 Å². The lowest BCUT2D eigenvalue weighted by Gasteiger charge is -2.18. The van der Waals surface area contributed by atoms with Crippen molar-refractivity contribution in [3.05, 3.63) is 72.7 Å². The summed E-state index contributed by atoms with van der Waals surface area (Å²) >= 11 is 3.39. The molecule has 9 heteroatoms. The lowest BCUT2D eigenvalue weighted by Crippen LogP contribution is -2.22. The van der Waals surface area contributed by atoms with Crippen LogP contribution < -0.4 is 10.3 Å². The van der Waals surface area contributed by atoms with Crippen molar-refractivity contribution in [3.63, 3.8) is 0 Å². The predicted molar refractivity (Wildman–Crippen MR) is 133 cm³/mol. The average Bonchev–Trinajstić information content (AvgIpc) is 2.76. The summed E-state index contributed by atoms with van der Waals surface area (Å²) in [4.78, 5) is 28.9. The Bertz CT molecular complexity index is 1260. The number of hydrogen-bond donors (Lipinski definition) is 0. The quantitative estimate of drug-likeness (QED) is 0.217. The Balaban J connectivity index is 2.02. The Hall–Kier alpha value is -3.07. The lowest BCUT2D eigenvalue weighted by molar-refractivity contribution is -0.386. The highest BCUT2D eigenvalue weighted by Crippen LogP contribution is 2.29. The highest BCUT2D eigenvalue weighted by molar-refractivity contribution is 9.10. The summed E-state index contributed by atoms with van der Waals surface area (Å²) in [5.74, 6) is 0.748. The fraction of sp³-hybridized carbons (Fsp3) is 0.375. The Morgan fingerprint density at radius 3 is 2.67 bits per heavy atom. The molecule has 0 saturated heterocycles. The van der Waals surface area contributed by atoms with Gasteiger partial charge < -0.3 is 4.74 Å². The van der Waals surface area contributed by atoms with Gasteiger partial charge in [0.2, 0.25) is 0 Å². The molecule has 1 aromatic heterocycles. The van der Waals surface area contributed by atoms with Gasteiger partial charge in [-0.3, -0.25) is 14.9 Å². The summed E-state index contributed by atoms with van der Waals surface area (Å²) in [7, 11) is 0. The average molecular weight is 515 g/mol. The molecule has 0 radical (unpaired) electrons. The Kier molecular flexibility index (Phi) is 7.63. The van der Waals surface area contributed by atoms with Crippen molar-refractivity contribution in [2.45, 2.75) is 47.0 Å². The van der Waals surface area contributed by atoms with Gasteiger partial charge in [0.05, 0.1) is 28.6 Å². The number of nitro groups is 1. The van der Waals surface area contributed by atoms with Gasteiger partial charge in [-0.2, -0.15) is 9.78 Å². The van der Waals surface area contributed by atoms with Gasteiger partial charge in [0.1, 0.15) is 5.82 Å². The Labute approximate surface area is 200 Å². The van der Waals surface area contributed by atoms with Crippen molar-refractivity contribution in [2.75, 3.05) is 6.61 Å². The van der Waals surface area contributed by atoms with Gasteiger partial charge in [-0.15, -0.1) is 0 Å². The molecule has 3 rings (SSSR count). The molecule has 1 heterocycles. The second-order valence-corrected chi connectivity index (χ2v) is 9.90. The predicted octanol–water partition coefficient (Wildman–Crippen LogP) is 5.72. The van der Waals surface area contributed by atoms with E-state index in [4.69, 9.17) is 4.74 Å². The number of aryl methyl sites for hydroxylation is 1. The topological polar surface area (TPSA) is 99.6 Å². The summed E-state index contributed by atoms with van der Waals surface area (Å²) in [6.07, 6.45) is 3.83. The number of fused-ring (bicyclic) bond motifs is 1. The molecule has 0 saturated carbocycles. The van der Waals surface area contributed by atoms with Crippen LogP contribution in [-0.4, -0.2) is 27.4 Å². The second-order valence-electron chi connectivity index (χ2n) is 8.99. The number of nitro benzene ring substituents is 1. The molecule has 0 aliphatic carbocycles. The standard InChI is InChI=1S/C24H27BrN4O4/c1-5-6-7-22-27-19-10-9-17(25)13-18(19)23(30)28(22)26-14-16-8-11-21(20(12-16)29(31)32)33-15-24(2,3)4/h8-14H,5-7,15H2,1-4H3. The van der Waals surface area contributed by atoms with E-state index in [0.717, 1.165) is 17.3 Å². The lowest BCUT2D eigenvalue weighted by atomic mass is 9.99. The van der Waals surface area contributed by atoms with Crippen LogP contribution in [0.1, 0.15) is 51.9 Å². The van der Waals surface area contributed by atoms with Crippen LogP contribution in [0.5, 0.6) is 5.75 Å². The van der Waals surface area contributed by atoms with E-state index in [2.05, 4.69) is 32.9 Å². The minimum atomic E-state index is -0.483. The van der Waals surface area contributed by atoms with Gasteiger partial charge in [0, 0.05) is 22.5 Å². The number of benzene rings is 2. The van der Waals surface area contributed by atoms with Crippen LogP contribution in [0.3, 0.4) is 0 Å². The molecule has 0 aliphatic rings. The van der Waals surface area contributed by atoms with Gasteiger partial charge in [-0.25, -0.2) is 4.98 Å². The second kappa shape index (κ2) is 10.2. The van der Waals surface area contributed by atoms with Crippen molar-refractivity contribution in [1.82, 2.24) is 9.66 Å². The number of unbranched alkanes of at least 4 members (excludes halogenated alkanes) is 1. The van der Waals surface area contributed by atoms with Crippen molar-refractivity contribution in [2.24, 2.45) is 10.5 Å². The summed E-state index contributed by atoms with van der Waals surface area (Å²) in [5, 5.41) is 16.4. The third-order valence-corrected chi connectivity index (χ3v) is 5.29. The molecule has 0 fully saturated rings. The smallest absolute Gasteiger partial charge is 0.311 e. The molecular weight excluding hydrogens is 488 g/mol. The zero-order valence-electron chi connectivity index (χ0n) is 19.2. The Morgan fingerprint density at radius 1 is 1.24 bits per heavy atom. The monoisotopic (exact) mass is 514 g/mol. The van der Waals surface area contributed by atoms with E-state index in [-0.39, 0.29) is 22.4 Å². The molecule has 0 N–H and O–H groups in total. The minimum Gasteiger partial charge on any atom is -0.486 e. The highest BCUT2D eigenvalue weighted by atomic mass is 79.9. The van der Waals surface area contributed by atoms with Gasteiger partial charge in [-0.05, 0) is 42.2 Å². The van der Waals surface area contributed by atoms with Crippen LogP contribution in [-0.2, 0) is 6.42 Å². The van der Waals surface area contributed by atoms with Crippen LogP contribution in [0.4, 0.5) is 5.69 Å². The van der Waals surface area contributed by atoms with Gasteiger partial charge in [-0.1, -0.05) is 50.0 Å². The van der Waals surface area contributed by atoms with E-state index in [0.29, 0.717) is 35.3 Å². The van der Waals surface area contributed by atoms with Crippen LogP contribution >= 0.6 is 15.9 Å². The molecule has 33 heavy (non-hydrogen) atoms. The third-order valence-electron chi connectivity index (χ3n) is 4.79. The van der Waals surface area contributed by atoms with E-state index in [1.165, 1.54) is 17.0 Å². The molecule has 8 nitrogen and oxygen atoms in total. The van der Waals surface area contributed by atoms with Crippen LogP contribution in [0.15, 0.2) is 50.8 Å². The number of halogens is 1. The normalized spacial score (nSPS) is 11.9. The summed E-state index contributed by atoms with van der Waals surface area (Å²) in [5.41, 5.74) is 0.511. The summed E-state index contributed by atoms with van der Waals surface area (Å²) in [6, 6.07) is 9.98. The van der Waals surface area contributed by atoms with Crippen molar-refractivity contribution in [1.29, 1.82) is 0 Å². The van der Waals surface area contributed by atoms with Crippen LogP contribution in [0.25, 0.3) is 10.9 Å². The maximum absolute atomic E-state index is 13.2. The first-order valence-electron chi connectivity index (χ1n) is 10.8. The Morgan fingerprint density at radius 2 is 2.00 bits per heavy atom. The largest absolute Gasteiger partial charge is 0.486 e. The van der Waals surface area contributed by atoms with E-state index in [9.17, 15) is 14.9 Å². The maximum atomic E-state index is 13.2. The first-order valence-corrected chi connectivity index (χ1v) is 11.5. The summed E-state index contributed by atoms with van der Waals surface area (Å²) < 4.78 is 7.72. The number of rotatable bonds is 8. The molecule has 0 unspecified atom stereocenters. The van der Waals surface area contributed by atoms with Crippen LogP contribution in [0, 0.1) is 15.5 Å². The SMILES string of the molecule is CCCCc1nc2ccc(Br)cc2c(=O)n1N=Cc1ccc(OCC(C)(C)C)c([N+](=O)[O-])c1. The molecule has 174 valence electrons. The molecular formula is C24H27BrN4O4. The zero-order chi connectivity index (χ0) is 24.2. The van der Waals surface area contributed by atoms with Crippen LogP contribution in [0.2, 0.25) is 0 Å². The molecule has 3 aromatic rings. The molecule has 0 amide bonds. The summed E-state index contributed by atoms with van der Waals surface area (Å²) in [6.45, 7) is 8.37. The first kappa shape index (κ1) is 24.6. The van der Waals surface area contributed by atoms with Crippen molar-refractivity contribution < 1.29 is 9.66 Å². The van der Waals surface area contributed by atoms with E-state index in [1.54, 1.807) is 24.3 Å². The number of ether oxygens (including phenoxy) is 1. The third kappa shape index (κ3) is 6.25. The highest BCUT2D eigenvalue weighted by Gasteiger charge is 2.19. The first-order chi connectivity index (χ1) is 15.6. The minimum absolute atomic E-state index is 0.137. The number of nitrogens with zero attached hydrogens (tertiary/aromatic N) is 4. The molecule has 0 atom stereocenters. The maximum Gasteiger partial charge on any atom is 0.311 e. The van der Waals surface area contributed by atoms with Gasteiger partial charge in [0.15, 0.2) is 5.75 Å². The number of aromatic nitrogens is 2. The molecule has 0 spiro atoms. The van der Waals surface area contributed by atoms with E-state index < -0.39 is 4.92 Å². The fourth-order valence-corrected chi connectivity index (χ4v) is 3.47. The molecule has 2 aromatic carbocycles. The van der Waals surface area contributed by atoms with E-state index >= 15 is 0 Å². The van der Waals surface area contributed by atoms with E-state index in [1.807, 2.05) is 26.8 Å². The van der Waals surface area contributed by atoms with Crippen molar-refractivity contribution in [3.8, 4) is 5.75 Å². The fourth-order valence-electron chi connectivity index (χ4n) is 3.11. The number of hydrogen-bond acceptors (Lipinski definition) is 6.